The van der Waals surface area contributed by atoms with Gasteiger partial charge >= 0.3 is 0 Å². The maximum Gasteiger partial charge on any atom is 0.0922 e. The van der Waals surface area contributed by atoms with E-state index in [1.54, 1.807) is 0 Å². The zero-order valence-corrected chi connectivity index (χ0v) is 14.0. The highest BCUT2D eigenvalue weighted by Crippen LogP contribution is 2.27. The molecule has 118 valence electrons. The summed E-state index contributed by atoms with van der Waals surface area (Å²) in [4.78, 5) is 10.9. The Hall–Kier alpha value is -0.160. The molecular weight excluding hydrogens is 248 g/mol. The van der Waals surface area contributed by atoms with Crippen LogP contribution in [0.25, 0.3) is 0 Å². The second-order valence-corrected chi connectivity index (χ2v) is 6.16. The molecule has 0 saturated carbocycles. The number of rotatable bonds is 6. The smallest absolute Gasteiger partial charge is 0.0922 e. The first-order valence-corrected chi connectivity index (χ1v) is 8.72. The molecule has 0 aromatic carbocycles. The lowest BCUT2D eigenvalue weighted by Crippen LogP contribution is -2.74. The highest BCUT2D eigenvalue weighted by atomic mass is 15.5. The van der Waals surface area contributed by atoms with Crippen LogP contribution in [0.2, 0.25) is 0 Å². The molecular formula is C16H34N4. The first-order chi connectivity index (χ1) is 9.76. The molecule has 0 bridgehead atoms. The van der Waals surface area contributed by atoms with Gasteiger partial charge in [-0.05, 0) is 39.0 Å². The second-order valence-electron chi connectivity index (χ2n) is 6.16. The number of hydrogen-bond donors (Lipinski definition) is 0. The molecule has 0 aromatic rings. The third kappa shape index (κ3) is 3.19. The van der Waals surface area contributed by atoms with Crippen molar-refractivity contribution in [2.45, 2.75) is 52.9 Å². The molecule has 0 aliphatic carbocycles. The molecule has 2 saturated heterocycles. The maximum absolute atomic E-state index is 2.74. The van der Waals surface area contributed by atoms with Crippen molar-refractivity contribution in [1.29, 1.82) is 0 Å². The van der Waals surface area contributed by atoms with Gasteiger partial charge in [-0.3, -0.25) is 19.6 Å². The third-order valence-electron chi connectivity index (χ3n) is 4.95. The molecule has 20 heavy (non-hydrogen) atoms. The van der Waals surface area contributed by atoms with Gasteiger partial charge in [0.1, 0.15) is 0 Å². The van der Waals surface area contributed by atoms with Crippen molar-refractivity contribution in [3.63, 3.8) is 0 Å². The predicted octanol–water partition coefficient (Wildman–Crippen LogP) is 1.73. The number of nitrogens with zero attached hydrogens (tertiary/aromatic N) is 4. The normalized spacial score (nSPS) is 30.6. The van der Waals surface area contributed by atoms with Crippen LogP contribution >= 0.6 is 0 Å². The van der Waals surface area contributed by atoms with E-state index in [1.807, 2.05) is 0 Å². The summed E-state index contributed by atoms with van der Waals surface area (Å²) >= 11 is 0. The van der Waals surface area contributed by atoms with Crippen LogP contribution in [-0.2, 0) is 0 Å². The lowest BCUT2D eigenvalue weighted by Gasteiger charge is -2.58. The van der Waals surface area contributed by atoms with Crippen molar-refractivity contribution in [3.8, 4) is 0 Å². The number of likely N-dealkylation sites (N-methyl/N-ethyl adjacent to an activating group) is 2. The van der Waals surface area contributed by atoms with Gasteiger partial charge in [0.05, 0.1) is 12.3 Å². The minimum Gasteiger partial charge on any atom is -0.284 e. The van der Waals surface area contributed by atoms with Crippen LogP contribution in [0.4, 0.5) is 0 Å². The quantitative estimate of drug-likeness (QED) is 0.735. The van der Waals surface area contributed by atoms with Crippen molar-refractivity contribution in [3.05, 3.63) is 0 Å². The largest absolute Gasteiger partial charge is 0.284 e. The Morgan fingerprint density at radius 3 is 1.30 bits per heavy atom. The Morgan fingerprint density at radius 1 is 0.600 bits per heavy atom. The van der Waals surface area contributed by atoms with Crippen LogP contribution in [0, 0.1) is 0 Å². The maximum atomic E-state index is 2.74. The van der Waals surface area contributed by atoms with E-state index in [1.165, 1.54) is 65.2 Å². The average Bonchev–Trinajstić information content (AvgIpc) is 2.48. The summed E-state index contributed by atoms with van der Waals surface area (Å²) in [5, 5.41) is 0. The van der Waals surface area contributed by atoms with E-state index in [0.717, 1.165) is 0 Å². The Morgan fingerprint density at radius 2 is 0.950 bits per heavy atom. The van der Waals surface area contributed by atoms with E-state index in [9.17, 15) is 0 Å². The third-order valence-corrected chi connectivity index (χ3v) is 4.95. The molecule has 2 aliphatic rings. The highest BCUT2D eigenvalue weighted by Gasteiger charge is 2.44. The van der Waals surface area contributed by atoms with Crippen LogP contribution < -0.4 is 0 Å². The summed E-state index contributed by atoms with van der Waals surface area (Å²) in [7, 11) is 0. The molecule has 2 fully saturated rings. The van der Waals surface area contributed by atoms with E-state index >= 15 is 0 Å². The minimum atomic E-state index is 0.602. The van der Waals surface area contributed by atoms with Crippen LogP contribution in [0.15, 0.2) is 0 Å². The predicted molar refractivity (Wildman–Crippen MR) is 85.8 cm³/mol. The fraction of sp³-hybridized carbons (Fsp3) is 1.00. The number of fused-ring (bicyclic) bond motifs is 1. The molecule has 0 radical (unpaired) electrons. The fourth-order valence-corrected chi connectivity index (χ4v) is 4.01. The van der Waals surface area contributed by atoms with E-state index in [2.05, 4.69) is 47.3 Å². The molecule has 0 N–H and O–H groups in total. The molecule has 0 aromatic heterocycles. The molecule has 0 amide bonds. The lowest BCUT2D eigenvalue weighted by atomic mass is 10.1. The molecule has 4 heteroatoms. The van der Waals surface area contributed by atoms with E-state index in [-0.39, 0.29) is 0 Å². The number of hydrogen-bond acceptors (Lipinski definition) is 4. The van der Waals surface area contributed by atoms with Crippen molar-refractivity contribution in [2.75, 3.05) is 52.4 Å². The Balaban J connectivity index is 2.22. The summed E-state index contributed by atoms with van der Waals surface area (Å²) in [6.07, 6.45) is 3.74. The van der Waals surface area contributed by atoms with E-state index in [0.29, 0.717) is 12.3 Å². The molecule has 2 aliphatic heterocycles. The average molecular weight is 282 g/mol. The zero-order chi connectivity index (χ0) is 14.5. The molecule has 2 rings (SSSR count). The van der Waals surface area contributed by atoms with E-state index < -0.39 is 0 Å². The first kappa shape index (κ1) is 16.2. The Kier molecular flexibility index (Phi) is 6.27. The Labute approximate surface area is 125 Å². The SMILES string of the molecule is CCCN1CCN(CC)C2C1N(CCC)CCN2CC. The van der Waals surface area contributed by atoms with Gasteiger partial charge in [-0.2, -0.15) is 0 Å². The standard InChI is InChI=1S/C16H34N4/c1-5-9-19-13-11-17(7-3)15-16(19)20(10-6-2)14-12-18(15)8-4/h15-16H,5-14H2,1-4H3. The van der Waals surface area contributed by atoms with Gasteiger partial charge in [-0.15, -0.1) is 0 Å². The molecule has 0 unspecified atom stereocenters. The van der Waals surface area contributed by atoms with Gasteiger partial charge < -0.3 is 0 Å². The van der Waals surface area contributed by atoms with Gasteiger partial charge in [0.15, 0.2) is 0 Å². The summed E-state index contributed by atoms with van der Waals surface area (Å²) in [6.45, 7) is 19.0. The van der Waals surface area contributed by atoms with Crippen LogP contribution in [0.3, 0.4) is 0 Å². The zero-order valence-electron chi connectivity index (χ0n) is 14.0. The molecule has 0 atom stereocenters. The highest BCUT2D eigenvalue weighted by molar-refractivity contribution is 4.94. The topological polar surface area (TPSA) is 13.0 Å². The van der Waals surface area contributed by atoms with Crippen molar-refractivity contribution >= 4 is 0 Å². The van der Waals surface area contributed by atoms with Gasteiger partial charge in [0.2, 0.25) is 0 Å². The second kappa shape index (κ2) is 7.74. The molecule has 0 spiro atoms. The monoisotopic (exact) mass is 282 g/mol. The van der Waals surface area contributed by atoms with Crippen molar-refractivity contribution in [1.82, 2.24) is 19.6 Å². The first-order valence-electron chi connectivity index (χ1n) is 8.72. The Bertz CT molecular complexity index is 258. The summed E-state index contributed by atoms with van der Waals surface area (Å²) in [5.41, 5.74) is 0. The number of piperazine rings is 2. The molecule has 4 nitrogen and oxygen atoms in total. The molecule has 2 heterocycles. The lowest BCUT2D eigenvalue weighted by molar-refractivity contribution is -0.149. The van der Waals surface area contributed by atoms with E-state index in [4.69, 9.17) is 0 Å². The van der Waals surface area contributed by atoms with Crippen LogP contribution in [-0.4, -0.2) is 84.3 Å². The summed E-state index contributed by atoms with van der Waals surface area (Å²) in [5.74, 6) is 0. The van der Waals surface area contributed by atoms with Gasteiger partial charge in [0.25, 0.3) is 0 Å². The van der Waals surface area contributed by atoms with Crippen molar-refractivity contribution in [2.24, 2.45) is 0 Å². The van der Waals surface area contributed by atoms with Gasteiger partial charge in [0, 0.05) is 26.2 Å². The summed E-state index contributed by atoms with van der Waals surface area (Å²) < 4.78 is 0. The van der Waals surface area contributed by atoms with Gasteiger partial charge in [-0.1, -0.05) is 27.7 Å². The van der Waals surface area contributed by atoms with Gasteiger partial charge in [-0.25, -0.2) is 0 Å². The summed E-state index contributed by atoms with van der Waals surface area (Å²) in [6, 6.07) is 0. The minimum absolute atomic E-state index is 0.602. The van der Waals surface area contributed by atoms with Crippen LogP contribution in [0.1, 0.15) is 40.5 Å². The van der Waals surface area contributed by atoms with Crippen molar-refractivity contribution < 1.29 is 0 Å². The van der Waals surface area contributed by atoms with Crippen LogP contribution in [0.5, 0.6) is 0 Å². The fourth-order valence-electron chi connectivity index (χ4n) is 4.01.